The molecule has 18 heavy (non-hydrogen) atoms. The van der Waals surface area contributed by atoms with Crippen LogP contribution < -0.4 is 4.74 Å². The van der Waals surface area contributed by atoms with Gasteiger partial charge >= 0.3 is 0 Å². The number of allylic oxidation sites excluding steroid dienone is 2. The fourth-order valence-electron chi connectivity index (χ4n) is 2.05. The molecule has 1 aromatic heterocycles. The molecule has 2 aromatic rings. The molecule has 0 unspecified atom stereocenters. The van der Waals surface area contributed by atoms with Crippen molar-refractivity contribution < 1.29 is 4.74 Å². The molecule has 0 spiro atoms. The van der Waals surface area contributed by atoms with Crippen LogP contribution in [0.15, 0.2) is 35.4 Å². The van der Waals surface area contributed by atoms with Gasteiger partial charge in [0.05, 0.1) is 12.6 Å². The zero-order valence-corrected chi connectivity index (χ0v) is 11.6. The Labute approximate surface area is 112 Å². The van der Waals surface area contributed by atoms with E-state index in [0.29, 0.717) is 0 Å². The van der Waals surface area contributed by atoms with E-state index in [9.17, 15) is 0 Å². The maximum absolute atomic E-state index is 5.89. The van der Waals surface area contributed by atoms with E-state index in [1.54, 1.807) is 7.11 Å². The predicted octanol–water partition coefficient (Wildman–Crippen LogP) is 4.24. The third kappa shape index (κ3) is 2.49. The molecule has 2 nitrogen and oxygen atoms in total. The van der Waals surface area contributed by atoms with E-state index in [1.165, 1.54) is 0 Å². The first-order valence-corrected chi connectivity index (χ1v) is 6.25. The lowest BCUT2D eigenvalue weighted by molar-refractivity contribution is 0.415. The molecule has 0 amide bonds. The highest BCUT2D eigenvalue weighted by molar-refractivity contribution is 6.29. The third-order valence-corrected chi connectivity index (χ3v) is 3.09. The van der Waals surface area contributed by atoms with Gasteiger partial charge < -0.3 is 4.74 Å². The second-order valence-corrected chi connectivity index (χ2v) is 4.82. The van der Waals surface area contributed by atoms with Gasteiger partial charge in [-0.15, -0.1) is 0 Å². The van der Waals surface area contributed by atoms with Crippen molar-refractivity contribution in [3.63, 3.8) is 0 Å². The van der Waals surface area contributed by atoms with E-state index in [-0.39, 0.29) is 0 Å². The van der Waals surface area contributed by atoms with E-state index in [4.69, 9.17) is 16.3 Å². The monoisotopic (exact) mass is 261 g/mol. The summed E-state index contributed by atoms with van der Waals surface area (Å²) in [6.07, 6.45) is 2.71. The van der Waals surface area contributed by atoms with Crippen molar-refractivity contribution in [2.24, 2.45) is 0 Å². The van der Waals surface area contributed by atoms with Crippen LogP contribution in [0.4, 0.5) is 0 Å². The Morgan fingerprint density at radius 2 is 2.11 bits per heavy atom. The molecule has 0 fully saturated rings. The lowest BCUT2D eigenvalue weighted by Gasteiger charge is -2.13. The van der Waals surface area contributed by atoms with Crippen LogP contribution in [0.25, 0.3) is 10.9 Å². The molecule has 1 heterocycles. The average Bonchev–Trinajstić information content (AvgIpc) is 2.35. The molecule has 0 radical (unpaired) electrons. The summed E-state index contributed by atoms with van der Waals surface area (Å²) in [7, 11) is 1.70. The summed E-state index contributed by atoms with van der Waals surface area (Å²) in [4.78, 5) is 4.61. The molecule has 2 rings (SSSR count). The first-order chi connectivity index (χ1) is 8.63. The van der Waals surface area contributed by atoms with Crippen LogP contribution in [-0.4, -0.2) is 12.1 Å². The van der Waals surface area contributed by atoms with Crippen molar-refractivity contribution in [1.29, 1.82) is 0 Å². The maximum Gasteiger partial charge on any atom is 0.133 e. The van der Waals surface area contributed by atoms with Gasteiger partial charge in [0.15, 0.2) is 0 Å². The number of halogens is 1. The highest BCUT2D eigenvalue weighted by Crippen LogP contribution is 2.31. The van der Waals surface area contributed by atoms with Gasteiger partial charge in [-0.05, 0) is 32.4 Å². The molecule has 0 aliphatic heterocycles. The number of methoxy groups -OCH3 is 1. The van der Waals surface area contributed by atoms with Crippen molar-refractivity contribution in [3.05, 3.63) is 46.6 Å². The second kappa shape index (κ2) is 5.40. The van der Waals surface area contributed by atoms with Crippen molar-refractivity contribution in [2.75, 3.05) is 7.11 Å². The van der Waals surface area contributed by atoms with Gasteiger partial charge in [0.1, 0.15) is 5.75 Å². The lowest BCUT2D eigenvalue weighted by Crippen LogP contribution is -1.99. The van der Waals surface area contributed by atoms with E-state index in [0.717, 1.165) is 39.4 Å². The Kier molecular flexibility index (Phi) is 3.87. The molecule has 0 atom stereocenters. The smallest absolute Gasteiger partial charge is 0.133 e. The summed E-state index contributed by atoms with van der Waals surface area (Å²) < 4.78 is 5.56. The number of rotatable bonds is 3. The molecule has 0 saturated heterocycles. The Balaban J connectivity index is 2.64. The topological polar surface area (TPSA) is 22.1 Å². The quantitative estimate of drug-likeness (QED) is 0.825. The molecule has 0 N–H and O–H groups in total. The molecule has 94 valence electrons. The predicted molar refractivity (Wildman–Crippen MR) is 76.3 cm³/mol. The summed E-state index contributed by atoms with van der Waals surface area (Å²) in [5.41, 5.74) is 3.04. The van der Waals surface area contributed by atoms with Crippen LogP contribution in [-0.2, 0) is 6.42 Å². The molecular weight excluding hydrogens is 246 g/mol. The molecular formula is C15H16ClNO. The highest BCUT2D eigenvalue weighted by Gasteiger charge is 2.11. The van der Waals surface area contributed by atoms with Gasteiger partial charge in [-0.3, -0.25) is 4.98 Å². The van der Waals surface area contributed by atoms with Gasteiger partial charge in [0.2, 0.25) is 0 Å². The maximum atomic E-state index is 5.89. The SMILES string of the molecule is COc1c(CC=C(C)Cl)c(C)nc2ccccc12. The lowest BCUT2D eigenvalue weighted by atomic mass is 10.0. The molecule has 0 saturated carbocycles. The normalized spacial score (nSPS) is 11.9. The van der Waals surface area contributed by atoms with Crippen LogP contribution >= 0.6 is 11.6 Å². The molecule has 0 bridgehead atoms. The van der Waals surface area contributed by atoms with Crippen molar-refractivity contribution in [3.8, 4) is 5.75 Å². The minimum absolute atomic E-state index is 0.738. The number of hydrogen-bond donors (Lipinski definition) is 0. The van der Waals surface area contributed by atoms with E-state index in [1.807, 2.05) is 44.2 Å². The van der Waals surface area contributed by atoms with Crippen LogP contribution in [0.2, 0.25) is 0 Å². The standard InChI is InChI=1S/C15H16ClNO/c1-10(16)8-9-12-11(2)17-14-7-5-4-6-13(14)15(12)18-3/h4-8H,9H2,1-3H3. The summed E-state index contributed by atoms with van der Waals surface area (Å²) in [5.74, 6) is 0.896. The van der Waals surface area contributed by atoms with Gasteiger partial charge in [-0.2, -0.15) is 0 Å². The number of aromatic nitrogens is 1. The largest absolute Gasteiger partial charge is 0.496 e. The molecule has 0 aliphatic rings. The fraction of sp³-hybridized carbons (Fsp3) is 0.267. The average molecular weight is 262 g/mol. The van der Waals surface area contributed by atoms with E-state index < -0.39 is 0 Å². The first kappa shape index (κ1) is 12.9. The first-order valence-electron chi connectivity index (χ1n) is 5.88. The Morgan fingerprint density at radius 1 is 1.39 bits per heavy atom. The van der Waals surface area contributed by atoms with E-state index in [2.05, 4.69) is 4.98 Å². The Morgan fingerprint density at radius 3 is 2.78 bits per heavy atom. The zero-order valence-electron chi connectivity index (χ0n) is 10.8. The summed E-state index contributed by atoms with van der Waals surface area (Å²) >= 11 is 5.89. The number of aryl methyl sites for hydroxylation is 1. The number of fused-ring (bicyclic) bond motifs is 1. The van der Waals surface area contributed by atoms with Crippen LogP contribution in [0.3, 0.4) is 0 Å². The Bertz CT molecular complexity index is 601. The molecule has 0 aliphatic carbocycles. The van der Waals surface area contributed by atoms with Gasteiger partial charge in [0, 0.05) is 21.7 Å². The van der Waals surface area contributed by atoms with E-state index >= 15 is 0 Å². The fourth-order valence-corrected chi connectivity index (χ4v) is 2.13. The summed E-state index contributed by atoms with van der Waals surface area (Å²) in [5, 5.41) is 1.82. The number of nitrogens with zero attached hydrogens (tertiary/aromatic N) is 1. The van der Waals surface area contributed by atoms with Gasteiger partial charge in [-0.1, -0.05) is 29.8 Å². The third-order valence-electron chi connectivity index (χ3n) is 2.94. The van der Waals surface area contributed by atoms with Crippen molar-refractivity contribution in [2.45, 2.75) is 20.3 Å². The van der Waals surface area contributed by atoms with Crippen LogP contribution in [0.1, 0.15) is 18.2 Å². The summed E-state index contributed by atoms with van der Waals surface area (Å²) in [6.45, 7) is 3.87. The van der Waals surface area contributed by atoms with Crippen LogP contribution in [0.5, 0.6) is 5.75 Å². The number of pyridine rings is 1. The number of ether oxygens (including phenoxy) is 1. The summed E-state index contributed by atoms with van der Waals surface area (Å²) in [6, 6.07) is 8.00. The number of benzene rings is 1. The molecule has 3 heteroatoms. The number of para-hydroxylation sites is 1. The van der Waals surface area contributed by atoms with Crippen LogP contribution in [0, 0.1) is 6.92 Å². The van der Waals surface area contributed by atoms with Crippen molar-refractivity contribution >= 4 is 22.5 Å². The number of hydrogen-bond acceptors (Lipinski definition) is 2. The Hall–Kier alpha value is -1.54. The zero-order chi connectivity index (χ0) is 13.1. The highest BCUT2D eigenvalue weighted by atomic mass is 35.5. The molecule has 1 aromatic carbocycles. The second-order valence-electron chi connectivity index (χ2n) is 4.22. The van der Waals surface area contributed by atoms with Gasteiger partial charge in [-0.25, -0.2) is 0 Å². The van der Waals surface area contributed by atoms with Gasteiger partial charge in [0.25, 0.3) is 0 Å². The minimum atomic E-state index is 0.738. The minimum Gasteiger partial charge on any atom is -0.496 e. The van der Waals surface area contributed by atoms with Crippen molar-refractivity contribution in [1.82, 2.24) is 4.98 Å².